The summed E-state index contributed by atoms with van der Waals surface area (Å²) in [5, 5.41) is 14.8. The number of hydrogen-bond donors (Lipinski definition) is 3. The van der Waals surface area contributed by atoms with Gasteiger partial charge < -0.3 is 20.5 Å². The molecule has 0 saturated heterocycles. The SMILES string of the molecule is O=C(N[C@@H](CSCc1ccccc1)C(=O)N[C@H](Cc1ccccc1)C(=O)O)OCc1ccccc1. The lowest BCUT2D eigenvalue weighted by Crippen LogP contribution is -2.53. The van der Waals surface area contributed by atoms with E-state index in [9.17, 15) is 19.5 Å². The van der Waals surface area contributed by atoms with Crippen molar-refractivity contribution < 1.29 is 24.2 Å². The van der Waals surface area contributed by atoms with Crippen molar-refractivity contribution in [1.82, 2.24) is 10.6 Å². The first-order valence-electron chi connectivity index (χ1n) is 11.2. The van der Waals surface area contributed by atoms with Crippen molar-refractivity contribution in [2.75, 3.05) is 5.75 Å². The Morgan fingerprint density at radius 2 is 1.29 bits per heavy atom. The van der Waals surface area contributed by atoms with Crippen molar-refractivity contribution in [3.8, 4) is 0 Å². The molecule has 3 aromatic rings. The molecule has 0 aliphatic carbocycles. The van der Waals surface area contributed by atoms with Gasteiger partial charge in [0.25, 0.3) is 0 Å². The van der Waals surface area contributed by atoms with Gasteiger partial charge in [0, 0.05) is 17.9 Å². The summed E-state index contributed by atoms with van der Waals surface area (Å²) in [5.41, 5.74) is 2.68. The molecule has 0 saturated carbocycles. The van der Waals surface area contributed by atoms with E-state index in [-0.39, 0.29) is 18.8 Å². The van der Waals surface area contributed by atoms with Crippen molar-refractivity contribution >= 4 is 29.7 Å². The molecule has 0 fully saturated rings. The van der Waals surface area contributed by atoms with Gasteiger partial charge in [-0.2, -0.15) is 11.8 Å². The first kappa shape index (κ1) is 25.8. The summed E-state index contributed by atoms with van der Waals surface area (Å²) in [4.78, 5) is 37.3. The van der Waals surface area contributed by atoms with Gasteiger partial charge in [0.2, 0.25) is 5.91 Å². The fourth-order valence-electron chi connectivity index (χ4n) is 3.28. The van der Waals surface area contributed by atoms with E-state index in [0.29, 0.717) is 5.75 Å². The van der Waals surface area contributed by atoms with E-state index in [1.165, 1.54) is 11.8 Å². The Kier molecular flexibility index (Phi) is 10.2. The van der Waals surface area contributed by atoms with Crippen molar-refractivity contribution in [2.45, 2.75) is 30.9 Å². The Balaban J connectivity index is 1.62. The van der Waals surface area contributed by atoms with Gasteiger partial charge in [0.15, 0.2) is 0 Å². The van der Waals surface area contributed by atoms with Gasteiger partial charge in [0.1, 0.15) is 18.7 Å². The topological polar surface area (TPSA) is 105 Å². The smallest absolute Gasteiger partial charge is 0.408 e. The van der Waals surface area contributed by atoms with Gasteiger partial charge in [-0.1, -0.05) is 91.0 Å². The van der Waals surface area contributed by atoms with Crippen molar-refractivity contribution in [1.29, 1.82) is 0 Å². The standard InChI is InChI=1S/C27H28N2O5S/c30-25(28-23(26(31)32)16-20-10-4-1-5-11-20)24(19-35-18-22-14-8-3-9-15-22)29-27(33)34-17-21-12-6-2-7-13-21/h1-15,23-24H,16-19H2,(H,28,30)(H,29,33)(H,31,32)/t23-,24+/m1/s1. The maximum atomic E-state index is 13.0. The lowest BCUT2D eigenvalue weighted by atomic mass is 10.1. The zero-order valence-corrected chi connectivity index (χ0v) is 19.9. The number of carbonyl (C=O) groups excluding carboxylic acids is 2. The molecule has 0 spiro atoms. The van der Waals surface area contributed by atoms with Crippen LogP contribution in [0.3, 0.4) is 0 Å². The first-order valence-corrected chi connectivity index (χ1v) is 12.3. The summed E-state index contributed by atoms with van der Waals surface area (Å²) >= 11 is 1.46. The second-order valence-corrected chi connectivity index (χ2v) is 8.88. The van der Waals surface area contributed by atoms with E-state index in [4.69, 9.17) is 4.74 Å². The number of hydrogen-bond acceptors (Lipinski definition) is 5. The highest BCUT2D eigenvalue weighted by Crippen LogP contribution is 2.14. The summed E-state index contributed by atoms with van der Waals surface area (Å²) in [5.74, 6) is -0.841. The van der Waals surface area contributed by atoms with Crippen LogP contribution in [0, 0.1) is 0 Å². The number of ether oxygens (including phenoxy) is 1. The van der Waals surface area contributed by atoms with Crippen LogP contribution in [0.2, 0.25) is 0 Å². The zero-order chi connectivity index (χ0) is 24.9. The van der Waals surface area contributed by atoms with E-state index in [2.05, 4.69) is 10.6 Å². The lowest BCUT2D eigenvalue weighted by Gasteiger charge is -2.21. The Bertz CT molecular complexity index is 1080. The number of aliphatic carboxylic acids is 1. The van der Waals surface area contributed by atoms with Crippen LogP contribution < -0.4 is 10.6 Å². The molecule has 2 atom stereocenters. The fourth-order valence-corrected chi connectivity index (χ4v) is 4.30. The summed E-state index contributed by atoms with van der Waals surface area (Å²) < 4.78 is 5.27. The van der Waals surface area contributed by atoms with E-state index in [1.807, 2.05) is 78.9 Å². The highest BCUT2D eigenvalue weighted by atomic mass is 32.2. The molecule has 3 aromatic carbocycles. The van der Waals surface area contributed by atoms with Crippen molar-refractivity contribution in [3.05, 3.63) is 108 Å². The molecule has 3 N–H and O–H groups in total. The predicted molar refractivity (Wildman–Crippen MR) is 136 cm³/mol. The fraction of sp³-hybridized carbons (Fsp3) is 0.222. The Morgan fingerprint density at radius 3 is 1.86 bits per heavy atom. The molecule has 35 heavy (non-hydrogen) atoms. The molecule has 3 rings (SSSR count). The highest BCUT2D eigenvalue weighted by molar-refractivity contribution is 7.98. The lowest BCUT2D eigenvalue weighted by molar-refractivity contribution is -0.142. The number of carbonyl (C=O) groups is 3. The van der Waals surface area contributed by atoms with Crippen LogP contribution in [0.5, 0.6) is 0 Å². The Hall–Kier alpha value is -3.78. The third-order valence-corrected chi connectivity index (χ3v) is 6.22. The van der Waals surface area contributed by atoms with Crippen LogP contribution in [-0.2, 0) is 33.1 Å². The van der Waals surface area contributed by atoms with Crippen LogP contribution in [-0.4, -0.2) is 40.9 Å². The Morgan fingerprint density at radius 1 is 0.743 bits per heavy atom. The van der Waals surface area contributed by atoms with Crippen molar-refractivity contribution in [3.63, 3.8) is 0 Å². The molecule has 0 bridgehead atoms. The highest BCUT2D eigenvalue weighted by Gasteiger charge is 2.27. The second-order valence-electron chi connectivity index (χ2n) is 7.85. The first-order chi connectivity index (χ1) is 17.0. The minimum Gasteiger partial charge on any atom is -0.480 e. The molecule has 0 heterocycles. The maximum Gasteiger partial charge on any atom is 0.408 e. The van der Waals surface area contributed by atoms with Gasteiger partial charge in [0.05, 0.1) is 0 Å². The molecule has 2 amide bonds. The van der Waals surface area contributed by atoms with E-state index in [0.717, 1.165) is 16.7 Å². The van der Waals surface area contributed by atoms with E-state index < -0.39 is 30.1 Å². The second kappa shape index (κ2) is 13.8. The average molecular weight is 493 g/mol. The van der Waals surface area contributed by atoms with Crippen LogP contribution >= 0.6 is 11.8 Å². The maximum absolute atomic E-state index is 13.0. The molecule has 0 aliphatic rings. The number of rotatable bonds is 12. The molecule has 0 unspecified atom stereocenters. The number of thioether (sulfide) groups is 1. The molecule has 0 aromatic heterocycles. The number of alkyl carbamates (subject to hydrolysis) is 1. The van der Waals surface area contributed by atoms with Crippen LogP contribution in [0.25, 0.3) is 0 Å². The monoisotopic (exact) mass is 492 g/mol. The third-order valence-electron chi connectivity index (χ3n) is 5.11. The molecule has 0 radical (unpaired) electrons. The van der Waals surface area contributed by atoms with Gasteiger partial charge in [-0.25, -0.2) is 9.59 Å². The van der Waals surface area contributed by atoms with Crippen LogP contribution in [0.4, 0.5) is 4.79 Å². The van der Waals surface area contributed by atoms with Gasteiger partial charge in [-0.05, 0) is 16.7 Å². The van der Waals surface area contributed by atoms with E-state index in [1.54, 1.807) is 12.1 Å². The molecular weight excluding hydrogens is 464 g/mol. The van der Waals surface area contributed by atoms with E-state index >= 15 is 0 Å². The zero-order valence-electron chi connectivity index (χ0n) is 19.1. The molecular formula is C27H28N2O5S. The van der Waals surface area contributed by atoms with Crippen molar-refractivity contribution in [2.24, 2.45) is 0 Å². The number of nitrogens with one attached hydrogen (secondary N) is 2. The predicted octanol–water partition coefficient (Wildman–Crippen LogP) is 4.03. The Labute approximate surface area is 208 Å². The largest absolute Gasteiger partial charge is 0.480 e. The molecule has 182 valence electrons. The summed E-state index contributed by atoms with van der Waals surface area (Å²) in [6.45, 7) is 0.0595. The average Bonchev–Trinajstić information content (AvgIpc) is 2.88. The number of carboxylic acids is 1. The van der Waals surface area contributed by atoms with Crippen LogP contribution in [0.15, 0.2) is 91.0 Å². The normalized spacial score (nSPS) is 12.2. The molecule has 8 heteroatoms. The minimum absolute atomic E-state index is 0.0595. The van der Waals surface area contributed by atoms with Gasteiger partial charge >= 0.3 is 12.1 Å². The third kappa shape index (κ3) is 9.17. The number of benzene rings is 3. The number of amides is 2. The number of carboxylic acid groups (broad SMARTS) is 1. The van der Waals surface area contributed by atoms with Gasteiger partial charge in [-0.3, -0.25) is 4.79 Å². The summed E-state index contributed by atoms with van der Waals surface area (Å²) in [7, 11) is 0. The quantitative estimate of drug-likeness (QED) is 0.353. The van der Waals surface area contributed by atoms with Crippen LogP contribution in [0.1, 0.15) is 16.7 Å². The summed E-state index contributed by atoms with van der Waals surface area (Å²) in [6, 6.07) is 25.9. The summed E-state index contributed by atoms with van der Waals surface area (Å²) in [6.07, 6.45) is -0.617. The molecule has 0 aliphatic heterocycles. The van der Waals surface area contributed by atoms with Gasteiger partial charge in [-0.15, -0.1) is 0 Å². The molecule has 7 nitrogen and oxygen atoms in total. The minimum atomic E-state index is -1.15.